The number of rotatable bonds is 3. The Balaban J connectivity index is 2.98. The van der Waals surface area contributed by atoms with Crippen LogP contribution in [0.2, 0.25) is 0 Å². The van der Waals surface area contributed by atoms with Crippen LogP contribution < -0.4 is 0 Å². The minimum Gasteiger partial charge on any atom is -0.298 e. The molecule has 0 aromatic heterocycles. The molecule has 0 spiro atoms. The molecular formula is C12H14O. The van der Waals surface area contributed by atoms with Crippen LogP contribution in [0.5, 0.6) is 0 Å². The molecule has 0 bridgehead atoms. The number of hydrogen-bond donors (Lipinski definition) is 0. The number of benzene rings is 1. The summed E-state index contributed by atoms with van der Waals surface area (Å²) in [5.41, 5.74) is 1.77. The van der Waals surface area contributed by atoms with E-state index in [1.54, 1.807) is 0 Å². The van der Waals surface area contributed by atoms with E-state index in [2.05, 4.69) is 13.8 Å². The lowest BCUT2D eigenvalue weighted by atomic mass is 10.0. The van der Waals surface area contributed by atoms with Crippen molar-refractivity contribution in [2.75, 3.05) is 0 Å². The Morgan fingerprint density at radius 3 is 2.31 bits per heavy atom. The molecule has 68 valence electrons. The third kappa shape index (κ3) is 2.86. The predicted molar refractivity (Wildman–Crippen MR) is 55.3 cm³/mol. The molecule has 0 amide bonds. The first-order chi connectivity index (χ1) is 6.24. The quantitative estimate of drug-likeness (QED) is 0.508. The van der Waals surface area contributed by atoms with Crippen molar-refractivity contribution in [3.63, 3.8) is 0 Å². The zero-order valence-electron chi connectivity index (χ0n) is 8.03. The fourth-order valence-electron chi connectivity index (χ4n) is 1.19. The molecule has 0 N–H and O–H groups in total. The smallest absolute Gasteiger partial charge is 0.150 e. The zero-order valence-corrected chi connectivity index (χ0v) is 8.03. The van der Waals surface area contributed by atoms with Crippen LogP contribution in [0, 0.1) is 5.92 Å². The number of allylic oxidation sites excluding steroid dienone is 2. The van der Waals surface area contributed by atoms with E-state index >= 15 is 0 Å². The third-order valence-corrected chi connectivity index (χ3v) is 1.75. The molecule has 1 aromatic rings. The van der Waals surface area contributed by atoms with E-state index in [0.717, 1.165) is 17.4 Å². The molecule has 0 saturated carbocycles. The fraction of sp³-hybridized carbons (Fsp3) is 0.250. The summed E-state index contributed by atoms with van der Waals surface area (Å²) in [4.78, 5) is 10.8. The van der Waals surface area contributed by atoms with Crippen molar-refractivity contribution in [3.8, 4) is 0 Å². The Labute approximate surface area is 79.1 Å². The fourth-order valence-corrected chi connectivity index (χ4v) is 1.19. The first-order valence-corrected chi connectivity index (χ1v) is 4.46. The zero-order chi connectivity index (χ0) is 9.68. The third-order valence-electron chi connectivity index (χ3n) is 1.75. The summed E-state index contributed by atoms with van der Waals surface area (Å²) < 4.78 is 0. The van der Waals surface area contributed by atoms with E-state index < -0.39 is 0 Å². The lowest BCUT2D eigenvalue weighted by Gasteiger charge is -2.01. The Morgan fingerprint density at radius 2 is 1.85 bits per heavy atom. The molecule has 0 aliphatic heterocycles. The van der Waals surface area contributed by atoms with Gasteiger partial charge in [-0.1, -0.05) is 50.3 Å². The molecule has 0 heterocycles. The van der Waals surface area contributed by atoms with Gasteiger partial charge in [0.25, 0.3) is 0 Å². The van der Waals surface area contributed by atoms with Crippen LogP contribution in [0.3, 0.4) is 0 Å². The molecule has 0 aliphatic carbocycles. The molecule has 1 nitrogen and oxygen atoms in total. The van der Waals surface area contributed by atoms with E-state index in [1.165, 1.54) is 0 Å². The largest absolute Gasteiger partial charge is 0.298 e. The maximum absolute atomic E-state index is 10.8. The van der Waals surface area contributed by atoms with Crippen LogP contribution in [0.1, 0.15) is 19.4 Å². The van der Waals surface area contributed by atoms with Crippen molar-refractivity contribution in [2.45, 2.75) is 13.8 Å². The van der Waals surface area contributed by atoms with E-state index in [1.807, 2.05) is 36.4 Å². The Kier molecular flexibility index (Phi) is 3.44. The molecule has 13 heavy (non-hydrogen) atoms. The summed E-state index contributed by atoms with van der Waals surface area (Å²) in [6, 6.07) is 9.71. The number of hydrogen-bond acceptors (Lipinski definition) is 1. The van der Waals surface area contributed by atoms with E-state index in [0.29, 0.717) is 5.92 Å². The van der Waals surface area contributed by atoms with Crippen LogP contribution in [0.25, 0.3) is 5.57 Å². The van der Waals surface area contributed by atoms with Gasteiger partial charge in [-0.2, -0.15) is 0 Å². The van der Waals surface area contributed by atoms with Crippen LogP contribution in [-0.2, 0) is 4.79 Å². The molecule has 0 aliphatic rings. The van der Waals surface area contributed by atoms with E-state index in [4.69, 9.17) is 0 Å². The normalized spacial score (nSPS) is 11.8. The second-order valence-corrected chi connectivity index (χ2v) is 3.35. The molecule has 0 fully saturated rings. The van der Waals surface area contributed by atoms with Crippen LogP contribution in [0.15, 0.2) is 36.4 Å². The molecule has 0 atom stereocenters. The molecular weight excluding hydrogens is 160 g/mol. The lowest BCUT2D eigenvalue weighted by Crippen LogP contribution is -1.88. The first-order valence-electron chi connectivity index (χ1n) is 4.46. The summed E-state index contributed by atoms with van der Waals surface area (Å²) in [6.07, 6.45) is 2.89. The van der Waals surface area contributed by atoms with E-state index in [9.17, 15) is 4.79 Å². The van der Waals surface area contributed by atoms with Gasteiger partial charge in [0.2, 0.25) is 0 Å². The summed E-state index contributed by atoms with van der Waals surface area (Å²) in [5.74, 6) is 0.403. The molecule has 1 heteroatoms. The highest BCUT2D eigenvalue weighted by atomic mass is 16.1. The van der Waals surface area contributed by atoms with Gasteiger partial charge in [-0.25, -0.2) is 0 Å². The molecule has 0 unspecified atom stereocenters. The minimum atomic E-state index is 0.403. The average molecular weight is 174 g/mol. The second kappa shape index (κ2) is 4.61. The first kappa shape index (κ1) is 9.72. The van der Waals surface area contributed by atoms with Gasteiger partial charge in [-0.3, -0.25) is 4.79 Å². The molecule has 1 aromatic carbocycles. The highest BCUT2D eigenvalue weighted by Gasteiger charge is 1.99. The highest BCUT2D eigenvalue weighted by molar-refractivity contribution is 6.06. The standard InChI is InChI=1S/C12H14O/c1-10(2)8-12(9-13)11-6-4-3-5-7-11/h3-10H,1-2H3. The van der Waals surface area contributed by atoms with Crippen LogP contribution in [0.4, 0.5) is 0 Å². The van der Waals surface area contributed by atoms with Crippen molar-refractivity contribution in [3.05, 3.63) is 42.0 Å². The van der Waals surface area contributed by atoms with E-state index in [-0.39, 0.29) is 0 Å². The summed E-state index contributed by atoms with van der Waals surface area (Å²) in [5, 5.41) is 0. The number of carbonyl (C=O) groups is 1. The van der Waals surface area contributed by atoms with Crippen molar-refractivity contribution in [2.24, 2.45) is 5.92 Å². The van der Waals surface area contributed by atoms with Gasteiger partial charge in [0.1, 0.15) is 6.29 Å². The lowest BCUT2D eigenvalue weighted by molar-refractivity contribution is -0.103. The van der Waals surface area contributed by atoms with Gasteiger partial charge in [-0.15, -0.1) is 0 Å². The van der Waals surface area contributed by atoms with Gasteiger partial charge in [0.15, 0.2) is 0 Å². The molecule has 1 rings (SSSR count). The van der Waals surface area contributed by atoms with Gasteiger partial charge in [0.05, 0.1) is 0 Å². The van der Waals surface area contributed by atoms with Gasteiger partial charge >= 0.3 is 0 Å². The Morgan fingerprint density at radius 1 is 1.23 bits per heavy atom. The Hall–Kier alpha value is -1.37. The monoisotopic (exact) mass is 174 g/mol. The van der Waals surface area contributed by atoms with Gasteiger partial charge in [-0.05, 0) is 11.5 Å². The number of carbonyl (C=O) groups excluding carboxylic acids is 1. The van der Waals surface area contributed by atoms with Gasteiger partial charge < -0.3 is 0 Å². The van der Waals surface area contributed by atoms with Crippen molar-refractivity contribution in [1.82, 2.24) is 0 Å². The number of aldehydes is 1. The highest BCUT2D eigenvalue weighted by Crippen LogP contribution is 2.13. The van der Waals surface area contributed by atoms with Crippen LogP contribution in [-0.4, -0.2) is 6.29 Å². The summed E-state index contributed by atoms with van der Waals surface area (Å²) in [7, 11) is 0. The SMILES string of the molecule is CC(C)C=C(C=O)c1ccccc1. The topological polar surface area (TPSA) is 17.1 Å². The van der Waals surface area contributed by atoms with Crippen LogP contribution >= 0.6 is 0 Å². The average Bonchev–Trinajstić information content (AvgIpc) is 2.15. The van der Waals surface area contributed by atoms with Crippen molar-refractivity contribution in [1.29, 1.82) is 0 Å². The van der Waals surface area contributed by atoms with Crippen molar-refractivity contribution < 1.29 is 4.79 Å². The second-order valence-electron chi connectivity index (χ2n) is 3.35. The summed E-state index contributed by atoms with van der Waals surface area (Å²) in [6.45, 7) is 4.12. The van der Waals surface area contributed by atoms with Gasteiger partial charge in [0, 0.05) is 5.57 Å². The summed E-state index contributed by atoms with van der Waals surface area (Å²) >= 11 is 0. The Bertz CT molecular complexity index is 296. The minimum absolute atomic E-state index is 0.403. The maximum Gasteiger partial charge on any atom is 0.150 e. The molecule has 0 saturated heterocycles. The van der Waals surface area contributed by atoms with Crippen molar-refractivity contribution >= 4 is 11.9 Å². The maximum atomic E-state index is 10.8. The predicted octanol–water partition coefficient (Wildman–Crippen LogP) is 2.92. The molecule has 0 radical (unpaired) electrons.